The molecule has 2 aromatic rings. The molecule has 2 heterocycles. The van der Waals surface area contributed by atoms with Gasteiger partial charge in [-0.2, -0.15) is 0 Å². The fourth-order valence-electron chi connectivity index (χ4n) is 2.42. The topological polar surface area (TPSA) is 79.3 Å². The maximum atomic E-state index is 12.6. The third-order valence-corrected chi connectivity index (χ3v) is 6.15. The minimum Gasteiger partial charge on any atom is -0.481 e. The Morgan fingerprint density at radius 1 is 1.35 bits per heavy atom. The van der Waals surface area contributed by atoms with Gasteiger partial charge in [0.25, 0.3) is 5.91 Å². The Labute approximate surface area is 143 Å². The molecular formula is C16H20N2O3S2. The third kappa shape index (κ3) is 3.97. The Morgan fingerprint density at radius 3 is 2.57 bits per heavy atom. The van der Waals surface area contributed by atoms with E-state index in [0.29, 0.717) is 23.4 Å². The summed E-state index contributed by atoms with van der Waals surface area (Å²) >= 11 is 2.92. The van der Waals surface area contributed by atoms with Gasteiger partial charge in [0.2, 0.25) is 0 Å². The number of carbonyl (C=O) groups excluding carboxylic acids is 1. The van der Waals surface area contributed by atoms with Crippen LogP contribution in [0.25, 0.3) is 9.88 Å². The van der Waals surface area contributed by atoms with Crippen molar-refractivity contribution in [2.24, 2.45) is 0 Å². The molecule has 1 amide bonds. The highest BCUT2D eigenvalue weighted by atomic mass is 32.1. The van der Waals surface area contributed by atoms with Crippen molar-refractivity contribution in [3.8, 4) is 9.88 Å². The molecule has 0 radical (unpaired) electrons. The number of aromatic nitrogens is 1. The number of hydrogen-bond donors (Lipinski definition) is 2. The second-order valence-electron chi connectivity index (χ2n) is 5.42. The summed E-state index contributed by atoms with van der Waals surface area (Å²) in [5, 5.41) is 14.8. The number of thiophene rings is 1. The van der Waals surface area contributed by atoms with Crippen LogP contribution in [0.5, 0.6) is 0 Å². The molecule has 0 bridgehead atoms. The average Bonchev–Trinajstić information content (AvgIpc) is 3.14. The first-order valence-corrected chi connectivity index (χ1v) is 9.16. The summed E-state index contributed by atoms with van der Waals surface area (Å²) in [6, 6.07) is 3.92. The Bertz CT molecular complexity index is 688. The van der Waals surface area contributed by atoms with Gasteiger partial charge in [0.05, 0.1) is 22.5 Å². The number of rotatable bonds is 7. The van der Waals surface area contributed by atoms with E-state index in [1.54, 1.807) is 18.3 Å². The van der Waals surface area contributed by atoms with Crippen LogP contribution >= 0.6 is 22.7 Å². The van der Waals surface area contributed by atoms with E-state index >= 15 is 0 Å². The van der Waals surface area contributed by atoms with E-state index in [-0.39, 0.29) is 12.3 Å². The van der Waals surface area contributed by atoms with Gasteiger partial charge < -0.3 is 10.4 Å². The SMILES string of the molecule is CCC(CC)(CC(=O)O)NC(=O)c1sc(-c2cccs2)nc1C. The number of carboxylic acids is 1. The number of carboxylic acid groups (broad SMARTS) is 1. The number of thiazole rings is 1. The lowest BCUT2D eigenvalue weighted by atomic mass is 9.89. The Morgan fingerprint density at radius 2 is 2.04 bits per heavy atom. The molecule has 2 rings (SSSR count). The van der Waals surface area contributed by atoms with Crippen LogP contribution in [-0.2, 0) is 4.79 Å². The van der Waals surface area contributed by atoms with E-state index in [9.17, 15) is 9.59 Å². The van der Waals surface area contributed by atoms with E-state index in [1.165, 1.54) is 11.3 Å². The van der Waals surface area contributed by atoms with Crippen molar-refractivity contribution in [3.05, 3.63) is 28.1 Å². The highest BCUT2D eigenvalue weighted by molar-refractivity contribution is 7.22. The van der Waals surface area contributed by atoms with Gasteiger partial charge in [0, 0.05) is 0 Å². The van der Waals surface area contributed by atoms with Crippen LogP contribution in [0.1, 0.15) is 48.5 Å². The van der Waals surface area contributed by atoms with Gasteiger partial charge in [-0.1, -0.05) is 19.9 Å². The molecule has 0 aliphatic rings. The second kappa shape index (κ2) is 7.23. The van der Waals surface area contributed by atoms with Gasteiger partial charge in [0.15, 0.2) is 0 Å². The molecule has 0 atom stereocenters. The third-order valence-electron chi connectivity index (χ3n) is 3.96. The fraction of sp³-hybridized carbons (Fsp3) is 0.438. The molecule has 0 aliphatic heterocycles. The predicted molar refractivity (Wildman–Crippen MR) is 93.2 cm³/mol. The number of nitrogens with one attached hydrogen (secondary N) is 1. The molecule has 5 nitrogen and oxygen atoms in total. The van der Waals surface area contributed by atoms with E-state index in [0.717, 1.165) is 9.88 Å². The lowest BCUT2D eigenvalue weighted by Crippen LogP contribution is -2.49. The quantitative estimate of drug-likeness (QED) is 0.791. The summed E-state index contributed by atoms with van der Waals surface area (Å²) in [7, 11) is 0. The number of aryl methyl sites for hydroxylation is 1. The van der Waals surface area contributed by atoms with E-state index in [4.69, 9.17) is 5.11 Å². The maximum Gasteiger partial charge on any atom is 0.305 e. The Balaban J connectivity index is 2.24. The summed E-state index contributed by atoms with van der Waals surface area (Å²) in [6.45, 7) is 5.59. The van der Waals surface area contributed by atoms with Crippen molar-refractivity contribution in [1.29, 1.82) is 0 Å². The largest absolute Gasteiger partial charge is 0.481 e. The lowest BCUT2D eigenvalue weighted by molar-refractivity contribution is -0.138. The van der Waals surface area contributed by atoms with Gasteiger partial charge in [-0.15, -0.1) is 22.7 Å². The van der Waals surface area contributed by atoms with Crippen LogP contribution < -0.4 is 5.32 Å². The maximum absolute atomic E-state index is 12.6. The molecule has 0 aromatic carbocycles. The number of carbonyl (C=O) groups is 2. The standard InChI is InChI=1S/C16H20N2O3S2/c1-4-16(5-2,9-12(19)20)18-14(21)13-10(3)17-15(23-13)11-7-6-8-22-11/h6-8H,4-5,9H2,1-3H3,(H,18,21)(H,19,20). The zero-order chi connectivity index (χ0) is 17.0. The molecule has 0 saturated carbocycles. The number of aliphatic carboxylic acids is 1. The van der Waals surface area contributed by atoms with Crippen molar-refractivity contribution < 1.29 is 14.7 Å². The van der Waals surface area contributed by atoms with Crippen LogP contribution in [0, 0.1) is 6.92 Å². The molecule has 7 heteroatoms. The van der Waals surface area contributed by atoms with Gasteiger partial charge in [-0.05, 0) is 31.2 Å². The summed E-state index contributed by atoms with van der Waals surface area (Å²) in [6.07, 6.45) is 1.05. The number of hydrogen-bond acceptors (Lipinski definition) is 5. The van der Waals surface area contributed by atoms with Crippen molar-refractivity contribution in [1.82, 2.24) is 10.3 Å². The van der Waals surface area contributed by atoms with E-state index in [1.807, 2.05) is 31.4 Å². The molecular weight excluding hydrogens is 332 g/mol. The molecule has 0 aliphatic carbocycles. The van der Waals surface area contributed by atoms with Crippen molar-refractivity contribution in [3.63, 3.8) is 0 Å². The highest BCUT2D eigenvalue weighted by Gasteiger charge is 2.32. The Hall–Kier alpha value is -1.73. The van der Waals surface area contributed by atoms with Gasteiger partial charge >= 0.3 is 5.97 Å². The molecule has 2 N–H and O–H groups in total. The Kier molecular flexibility index (Phi) is 5.54. The molecule has 0 fully saturated rings. The van der Waals surface area contributed by atoms with Gasteiger partial charge in [0.1, 0.15) is 9.88 Å². The molecule has 0 spiro atoms. The molecule has 0 unspecified atom stereocenters. The average molecular weight is 352 g/mol. The van der Waals surface area contributed by atoms with Crippen LogP contribution in [0.4, 0.5) is 0 Å². The van der Waals surface area contributed by atoms with Crippen molar-refractivity contribution in [2.45, 2.75) is 45.6 Å². The minimum atomic E-state index is -0.908. The van der Waals surface area contributed by atoms with E-state index < -0.39 is 11.5 Å². The normalized spacial score (nSPS) is 11.4. The number of amides is 1. The van der Waals surface area contributed by atoms with Crippen molar-refractivity contribution in [2.75, 3.05) is 0 Å². The first-order chi connectivity index (χ1) is 10.9. The van der Waals surface area contributed by atoms with Crippen LogP contribution in [0.15, 0.2) is 17.5 Å². The first-order valence-electron chi connectivity index (χ1n) is 7.46. The van der Waals surface area contributed by atoms with Crippen LogP contribution in [0.2, 0.25) is 0 Å². The zero-order valence-electron chi connectivity index (χ0n) is 13.4. The summed E-state index contributed by atoms with van der Waals surface area (Å²) in [4.78, 5) is 29.8. The molecule has 2 aromatic heterocycles. The van der Waals surface area contributed by atoms with Gasteiger partial charge in [-0.25, -0.2) is 4.98 Å². The summed E-state index contributed by atoms with van der Waals surface area (Å²) < 4.78 is 0. The summed E-state index contributed by atoms with van der Waals surface area (Å²) in [5.41, 5.74) is -0.0463. The van der Waals surface area contributed by atoms with Crippen LogP contribution in [-0.4, -0.2) is 27.5 Å². The monoisotopic (exact) mass is 352 g/mol. The number of nitrogens with zero attached hydrogens (tertiary/aromatic N) is 1. The van der Waals surface area contributed by atoms with E-state index in [2.05, 4.69) is 10.3 Å². The first kappa shape index (κ1) is 17.6. The molecule has 124 valence electrons. The minimum absolute atomic E-state index is 0.0820. The smallest absolute Gasteiger partial charge is 0.305 e. The summed E-state index contributed by atoms with van der Waals surface area (Å²) in [5.74, 6) is -1.15. The highest BCUT2D eigenvalue weighted by Crippen LogP contribution is 2.31. The lowest BCUT2D eigenvalue weighted by Gasteiger charge is -2.31. The fourth-order valence-corrected chi connectivity index (χ4v) is 4.18. The zero-order valence-corrected chi connectivity index (χ0v) is 15.0. The van der Waals surface area contributed by atoms with Crippen LogP contribution in [0.3, 0.4) is 0 Å². The van der Waals surface area contributed by atoms with Gasteiger partial charge in [-0.3, -0.25) is 9.59 Å². The van der Waals surface area contributed by atoms with Crippen molar-refractivity contribution >= 4 is 34.6 Å². The predicted octanol–water partition coefficient (Wildman–Crippen LogP) is 3.94. The molecule has 23 heavy (non-hydrogen) atoms. The molecule has 0 saturated heterocycles. The second-order valence-corrected chi connectivity index (χ2v) is 7.37.